The Morgan fingerprint density at radius 2 is 1.57 bits per heavy atom. The fraction of sp³-hybridized carbons (Fsp3) is 0.474. The van der Waals surface area contributed by atoms with Gasteiger partial charge in [-0.2, -0.15) is 0 Å². The van der Waals surface area contributed by atoms with Gasteiger partial charge >= 0.3 is 5.97 Å². The molecule has 238 valence electrons. The van der Waals surface area contributed by atoms with Crippen LogP contribution in [0.15, 0.2) is 66.2 Å². The summed E-state index contributed by atoms with van der Waals surface area (Å²) in [5, 5.41) is 23.1. The van der Waals surface area contributed by atoms with Gasteiger partial charge in [-0.25, -0.2) is 0 Å². The Hall–Kier alpha value is -3.64. The summed E-state index contributed by atoms with van der Waals surface area (Å²) in [7, 11) is 0. The number of amides is 1. The molecule has 6 nitrogen and oxygen atoms in total. The van der Waals surface area contributed by atoms with Crippen LogP contribution in [-0.4, -0.2) is 41.3 Å². The summed E-state index contributed by atoms with van der Waals surface area (Å²) in [5.74, 6) is -0.411. The highest BCUT2D eigenvalue weighted by Gasteiger charge is 2.35. The maximum atomic E-state index is 12.4. The van der Waals surface area contributed by atoms with E-state index in [1.807, 2.05) is 12.1 Å². The highest BCUT2D eigenvalue weighted by Crippen LogP contribution is 2.42. The number of hydrogen-bond donors (Lipinski definition) is 3. The first-order valence-corrected chi connectivity index (χ1v) is 15.8. The van der Waals surface area contributed by atoms with E-state index >= 15 is 0 Å². The van der Waals surface area contributed by atoms with Gasteiger partial charge in [-0.3, -0.25) is 9.59 Å². The van der Waals surface area contributed by atoms with Gasteiger partial charge in [0, 0.05) is 29.9 Å². The van der Waals surface area contributed by atoms with Crippen LogP contribution in [0.3, 0.4) is 0 Å². The average Bonchev–Trinajstić information content (AvgIpc) is 2.99. The summed E-state index contributed by atoms with van der Waals surface area (Å²) in [6, 6.07) is 18.5. The molecule has 0 bridgehead atoms. The van der Waals surface area contributed by atoms with E-state index in [2.05, 4.69) is 97.1 Å². The molecule has 3 aromatic rings. The largest absolute Gasteiger partial charge is 0.490 e. The van der Waals surface area contributed by atoms with Crippen molar-refractivity contribution in [2.45, 2.75) is 92.6 Å². The lowest BCUT2D eigenvalue weighted by Crippen LogP contribution is -2.37. The minimum Gasteiger partial charge on any atom is -0.490 e. The summed E-state index contributed by atoms with van der Waals surface area (Å²) >= 11 is 0. The van der Waals surface area contributed by atoms with Gasteiger partial charge in [0.05, 0.1) is 0 Å². The monoisotopic (exact) mass is 601 g/mol. The molecule has 2 unspecified atom stereocenters. The molecule has 6 heteroatoms. The Labute approximate surface area is 263 Å². The van der Waals surface area contributed by atoms with E-state index in [0.29, 0.717) is 12.0 Å². The zero-order valence-electron chi connectivity index (χ0n) is 27.8. The SMILES string of the molecule is C/C=C(\C)CC(Oc1ccc(C(CC)(CC)c2ccc3cc(C(=O)NCC(=O)O)ccc3c2)cc1C)C(CCO)C(C)(C)C. The first-order valence-electron chi connectivity index (χ1n) is 15.8. The molecule has 3 aromatic carbocycles. The number of aliphatic carboxylic acids is 1. The highest BCUT2D eigenvalue weighted by molar-refractivity contribution is 5.99. The molecule has 0 aromatic heterocycles. The Balaban J connectivity index is 1.98. The number of aliphatic hydroxyl groups excluding tert-OH is 1. The van der Waals surface area contributed by atoms with Crippen molar-refractivity contribution >= 4 is 22.6 Å². The number of rotatable bonds is 14. The first kappa shape index (κ1) is 34.8. The second-order valence-electron chi connectivity index (χ2n) is 13.1. The van der Waals surface area contributed by atoms with Crippen molar-refractivity contribution in [1.82, 2.24) is 5.32 Å². The summed E-state index contributed by atoms with van der Waals surface area (Å²) in [6.07, 6.45) is 5.41. The van der Waals surface area contributed by atoms with E-state index < -0.39 is 18.4 Å². The molecule has 0 fully saturated rings. The molecular formula is C38H51NO5. The number of hydrogen-bond acceptors (Lipinski definition) is 4. The van der Waals surface area contributed by atoms with Crippen LogP contribution in [-0.2, 0) is 10.2 Å². The predicted molar refractivity (Wildman–Crippen MR) is 180 cm³/mol. The molecule has 0 heterocycles. The fourth-order valence-corrected chi connectivity index (χ4v) is 6.44. The quantitative estimate of drug-likeness (QED) is 0.162. The Morgan fingerprint density at radius 1 is 0.955 bits per heavy atom. The van der Waals surface area contributed by atoms with Crippen LogP contribution in [0.25, 0.3) is 10.8 Å². The third-order valence-electron chi connectivity index (χ3n) is 9.29. The number of benzene rings is 3. The van der Waals surface area contributed by atoms with Gasteiger partial charge < -0.3 is 20.3 Å². The van der Waals surface area contributed by atoms with Gasteiger partial charge in [0.1, 0.15) is 18.4 Å². The van der Waals surface area contributed by atoms with E-state index in [4.69, 9.17) is 9.84 Å². The lowest BCUT2D eigenvalue weighted by atomic mass is 9.70. The van der Waals surface area contributed by atoms with Crippen LogP contribution >= 0.6 is 0 Å². The minimum absolute atomic E-state index is 0.0199. The lowest BCUT2D eigenvalue weighted by molar-refractivity contribution is -0.135. The lowest BCUT2D eigenvalue weighted by Gasteiger charge is -2.38. The van der Waals surface area contributed by atoms with Crippen molar-refractivity contribution in [1.29, 1.82) is 0 Å². The van der Waals surface area contributed by atoms with Crippen LogP contribution < -0.4 is 10.1 Å². The van der Waals surface area contributed by atoms with E-state index in [9.17, 15) is 14.7 Å². The summed E-state index contributed by atoms with van der Waals surface area (Å²) in [5.41, 5.74) is 5.02. The highest BCUT2D eigenvalue weighted by atomic mass is 16.5. The van der Waals surface area contributed by atoms with Gasteiger partial charge in [0.15, 0.2) is 0 Å². The van der Waals surface area contributed by atoms with Crippen LogP contribution in [0.4, 0.5) is 0 Å². The number of carboxylic acid groups (broad SMARTS) is 1. The number of ether oxygens (including phenoxy) is 1. The fourth-order valence-electron chi connectivity index (χ4n) is 6.44. The minimum atomic E-state index is -1.08. The van der Waals surface area contributed by atoms with Gasteiger partial charge in [-0.05, 0) is 91.1 Å². The maximum absolute atomic E-state index is 12.4. The third-order valence-corrected chi connectivity index (χ3v) is 9.29. The number of nitrogens with one attached hydrogen (secondary N) is 1. The van der Waals surface area contributed by atoms with Gasteiger partial charge in [-0.15, -0.1) is 0 Å². The van der Waals surface area contributed by atoms with Gasteiger partial charge in [-0.1, -0.05) is 82.7 Å². The average molecular weight is 602 g/mol. The van der Waals surface area contributed by atoms with E-state index in [1.165, 1.54) is 16.7 Å². The molecule has 44 heavy (non-hydrogen) atoms. The Kier molecular flexibility index (Phi) is 11.8. The van der Waals surface area contributed by atoms with Crippen LogP contribution in [0.5, 0.6) is 5.75 Å². The molecule has 0 aliphatic rings. The smallest absolute Gasteiger partial charge is 0.322 e. The zero-order chi connectivity index (χ0) is 32.7. The topological polar surface area (TPSA) is 95.9 Å². The number of aryl methyl sites for hydroxylation is 1. The second kappa shape index (κ2) is 14.9. The van der Waals surface area contributed by atoms with Gasteiger partial charge in [0.25, 0.3) is 5.91 Å². The molecule has 3 rings (SSSR count). The number of allylic oxidation sites excluding steroid dienone is 1. The van der Waals surface area contributed by atoms with Crippen molar-refractivity contribution in [2.24, 2.45) is 11.3 Å². The van der Waals surface area contributed by atoms with E-state index in [1.54, 1.807) is 12.1 Å². The Morgan fingerprint density at radius 3 is 2.14 bits per heavy atom. The number of carbonyl (C=O) groups is 2. The molecule has 0 aliphatic carbocycles. The number of fused-ring (bicyclic) bond motifs is 1. The molecule has 0 aliphatic heterocycles. The van der Waals surface area contributed by atoms with Crippen molar-refractivity contribution in [2.75, 3.05) is 13.2 Å². The first-order chi connectivity index (χ1) is 20.8. The number of carboxylic acids is 1. The van der Waals surface area contributed by atoms with Crippen molar-refractivity contribution < 1.29 is 24.5 Å². The maximum Gasteiger partial charge on any atom is 0.322 e. The molecule has 0 radical (unpaired) electrons. The van der Waals surface area contributed by atoms with E-state index in [0.717, 1.165) is 41.3 Å². The van der Waals surface area contributed by atoms with Gasteiger partial charge in [0.2, 0.25) is 0 Å². The second-order valence-corrected chi connectivity index (χ2v) is 13.1. The van der Waals surface area contributed by atoms with Crippen LogP contribution in [0.2, 0.25) is 0 Å². The van der Waals surface area contributed by atoms with E-state index in [-0.39, 0.29) is 29.5 Å². The molecule has 0 saturated heterocycles. The summed E-state index contributed by atoms with van der Waals surface area (Å²) in [4.78, 5) is 23.3. The van der Waals surface area contributed by atoms with Crippen molar-refractivity contribution in [3.05, 3.63) is 88.5 Å². The number of carbonyl (C=O) groups excluding carboxylic acids is 1. The molecule has 2 atom stereocenters. The normalized spacial score (nSPS) is 13.9. The summed E-state index contributed by atoms with van der Waals surface area (Å²) in [6.45, 7) is 17.2. The van der Waals surface area contributed by atoms with Crippen LogP contribution in [0.1, 0.15) is 101 Å². The van der Waals surface area contributed by atoms with Crippen LogP contribution in [0, 0.1) is 18.3 Å². The Bertz CT molecular complexity index is 1480. The van der Waals surface area contributed by atoms with Crippen molar-refractivity contribution in [3.8, 4) is 5.75 Å². The van der Waals surface area contributed by atoms with Crippen molar-refractivity contribution in [3.63, 3.8) is 0 Å². The third kappa shape index (κ3) is 8.09. The molecular weight excluding hydrogens is 550 g/mol. The summed E-state index contributed by atoms with van der Waals surface area (Å²) < 4.78 is 6.80. The zero-order valence-corrected chi connectivity index (χ0v) is 27.8. The number of aliphatic hydroxyl groups is 1. The standard InChI is InChI=1S/C38H51NO5/c1-9-25(4)20-34(32(18-19-40)37(6,7)8)44-33-17-16-30(21-26(33)5)38(10-2,11-3)31-15-14-27-22-29(13-12-28(27)23-31)36(43)39-24-35(41)42/h9,12-17,21-23,32,34,40H,10-11,18-20,24H2,1-8H3,(H,39,43)(H,41,42)/b25-9+. The molecule has 0 saturated carbocycles. The molecule has 1 amide bonds. The molecule has 3 N–H and O–H groups in total. The predicted octanol–water partition coefficient (Wildman–Crippen LogP) is 8.22. The molecule has 0 spiro atoms.